The Kier molecular flexibility index (Phi) is 4.76. The molecule has 0 saturated carbocycles. The molecule has 0 bridgehead atoms. The highest BCUT2D eigenvalue weighted by Gasteiger charge is 2.54. The maximum Gasteiger partial charge on any atom is 0.263 e. The number of methoxy groups -OCH3 is 2. The Morgan fingerprint density at radius 1 is 1.04 bits per heavy atom. The van der Waals surface area contributed by atoms with Crippen molar-refractivity contribution in [3.8, 4) is 11.5 Å². The topological polar surface area (TPSA) is 83.8 Å². The molecular weight excluding hydrogens is 428 g/mol. The van der Waals surface area contributed by atoms with Gasteiger partial charge >= 0.3 is 0 Å². The number of halogens is 1. The fraction of sp³-hybridized carbons (Fsp3) is 0.263. The van der Waals surface area contributed by atoms with Crippen LogP contribution in [-0.4, -0.2) is 43.1 Å². The zero-order valence-corrected chi connectivity index (χ0v) is 16.8. The molecule has 1 saturated heterocycles. The van der Waals surface area contributed by atoms with Gasteiger partial charge in [0.1, 0.15) is 11.5 Å². The summed E-state index contributed by atoms with van der Waals surface area (Å²) in [6.07, 6.45) is 0. The lowest BCUT2D eigenvalue weighted by atomic mass is 10.1. The van der Waals surface area contributed by atoms with E-state index in [-0.39, 0.29) is 11.8 Å². The number of hydrogen-bond acceptors (Lipinski definition) is 7. The lowest BCUT2D eigenvalue weighted by Crippen LogP contribution is -2.39. The molecule has 2 aliphatic rings. The lowest BCUT2D eigenvalue weighted by molar-refractivity contribution is -0.123. The molecule has 2 heterocycles. The fourth-order valence-electron chi connectivity index (χ4n) is 3.33. The molecule has 28 heavy (non-hydrogen) atoms. The average Bonchev–Trinajstić information content (AvgIpc) is 3.22. The van der Waals surface area contributed by atoms with Crippen LogP contribution in [0.2, 0.25) is 0 Å². The highest BCUT2D eigenvalue weighted by molar-refractivity contribution is 9.10. The Morgan fingerprint density at radius 2 is 1.79 bits per heavy atom. The van der Waals surface area contributed by atoms with Gasteiger partial charge in [-0.3, -0.25) is 14.6 Å². The van der Waals surface area contributed by atoms with Crippen molar-refractivity contribution in [1.82, 2.24) is 5.01 Å². The van der Waals surface area contributed by atoms with Crippen LogP contribution in [-0.2, 0) is 16.1 Å². The summed E-state index contributed by atoms with van der Waals surface area (Å²) in [6.45, 7) is 0.350. The highest BCUT2D eigenvalue weighted by atomic mass is 79.9. The molecule has 144 valence electrons. The number of rotatable bonds is 5. The number of carbonyl (C=O) groups excluding carboxylic acids is 2. The van der Waals surface area contributed by atoms with Gasteiger partial charge in [-0.05, 0) is 57.9 Å². The predicted octanol–water partition coefficient (Wildman–Crippen LogP) is 2.96. The number of anilines is 1. The third kappa shape index (κ3) is 3.01. The van der Waals surface area contributed by atoms with Crippen LogP contribution >= 0.6 is 15.9 Å². The van der Waals surface area contributed by atoms with Gasteiger partial charge in [-0.2, -0.15) is 5.11 Å². The number of hydrogen-bond donors (Lipinski definition) is 0. The van der Waals surface area contributed by atoms with E-state index in [1.165, 1.54) is 4.90 Å². The van der Waals surface area contributed by atoms with Gasteiger partial charge in [0.15, 0.2) is 12.1 Å². The molecule has 2 aromatic carbocycles. The molecule has 0 aromatic heterocycles. The summed E-state index contributed by atoms with van der Waals surface area (Å²) in [4.78, 5) is 26.9. The van der Waals surface area contributed by atoms with Crippen molar-refractivity contribution in [2.75, 3.05) is 19.1 Å². The van der Waals surface area contributed by atoms with E-state index < -0.39 is 12.1 Å². The van der Waals surface area contributed by atoms with Gasteiger partial charge in [0.2, 0.25) is 0 Å². The van der Waals surface area contributed by atoms with Gasteiger partial charge in [-0.15, -0.1) is 0 Å². The Balaban J connectivity index is 1.56. The molecule has 0 radical (unpaired) electrons. The quantitative estimate of drug-likeness (QED) is 0.661. The fourth-order valence-corrected chi connectivity index (χ4v) is 3.92. The van der Waals surface area contributed by atoms with Gasteiger partial charge < -0.3 is 9.47 Å². The van der Waals surface area contributed by atoms with Gasteiger partial charge in [0.25, 0.3) is 11.8 Å². The zero-order valence-electron chi connectivity index (χ0n) is 15.2. The largest absolute Gasteiger partial charge is 0.497 e. The first kappa shape index (κ1) is 18.4. The summed E-state index contributed by atoms with van der Waals surface area (Å²) in [5, 5.41) is 9.68. The first-order chi connectivity index (χ1) is 13.5. The van der Waals surface area contributed by atoms with E-state index >= 15 is 0 Å². The van der Waals surface area contributed by atoms with Crippen molar-refractivity contribution in [1.29, 1.82) is 0 Å². The van der Waals surface area contributed by atoms with E-state index in [1.54, 1.807) is 43.5 Å². The van der Waals surface area contributed by atoms with Crippen LogP contribution in [0.1, 0.15) is 5.56 Å². The smallest absolute Gasteiger partial charge is 0.263 e. The Labute approximate surface area is 169 Å². The summed E-state index contributed by atoms with van der Waals surface area (Å²) in [5.41, 5.74) is 1.41. The maximum atomic E-state index is 13.0. The van der Waals surface area contributed by atoms with E-state index in [2.05, 4.69) is 26.3 Å². The monoisotopic (exact) mass is 444 g/mol. The number of nitrogens with zero attached hydrogens (tertiary/aromatic N) is 4. The predicted molar refractivity (Wildman–Crippen MR) is 104 cm³/mol. The molecule has 2 aliphatic heterocycles. The first-order valence-electron chi connectivity index (χ1n) is 8.55. The third-order valence-electron chi connectivity index (χ3n) is 4.75. The van der Waals surface area contributed by atoms with E-state index in [9.17, 15) is 9.59 Å². The second-order valence-corrected chi connectivity index (χ2v) is 7.23. The van der Waals surface area contributed by atoms with Crippen molar-refractivity contribution in [3.63, 3.8) is 0 Å². The molecule has 0 spiro atoms. The highest BCUT2D eigenvalue weighted by Crippen LogP contribution is 2.34. The molecule has 2 atom stereocenters. The van der Waals surface area contributed by atoms with Gasteiger partial charge in [-0.1, -0.05) is 11.3 Å². The molecule has 2 aromatic rings. The lowest BCUT2D eigenvalue weighted by Gasteiger charge is -2.21. The minimum absolute atomic E-state index is 0.335. The number of imide groups is 1. The van der Waals surface area contributed by atoms with E-state index in [4.69, 9.17) is 9.47 Å². The number of benzene rings is 2. The Hall–Kier alpha value is -2.94. The number of amides is 2. The summed E-state index contributed by atoms with van der Waals surface area (Å²) < 4.78 is 11.2. The van der Waals surface area contributed by atoms with Crippen molar-refractivity contribution < 1.29 is 19.1 Å². The summed E-state index contributed by atoms with van der Waals surface area (Å²) >= 11 is 3.45. The minimum atomic E-state index is -0.823. The van der Waals surface area contributed by atoms with Crippen molar-refractivity contribution in [2.45, 2.75) is 18.6 Å². The van der Waals surface area contributed by atoms with Crippen LogP contribution in [0.25, 0.3) is 0 Å². The van der Waals surface area contributed by atoms with Gasteiger partial charge in [0, 0.05) is 0 Å². The van der Waals surface area contributed by atoms with Crippen LogP contribution in [0.5, 0.6) is 11.5 Å². The number of carbonyl (C=O) groups is 2. The molecule has 2 amide bonds. The third-order valence-corrected chi connectivity index (χ3v) is 5.37. The van der Waals surface area contributed by atoms with Crippen LogP contribution in [0.15, 0.2) is 57.3 Å². The van der Waals surface area contributed by atoms with Crippen LogP contribution in [0.3, 0.4) is 0 Å². The summed E-state index contributed by atoms with van der Waals surface area (Å²) in [5.74, 6) is 0.650. The maximum absolute atomic E-state index is 13.0. The standard InChI is InChI=1S/C19H17BrN4O4/c1-27-13-6-4-12(5-7-13)24-18(25)16-17(19(24)26)23(22-21-16)10-11-3-8-15(28-2)14(20)9-11/h3-9,16-17H,10H2,1-2H3/t16-,17-/m1/s1. The van der Waals surface area contributed by atoms with Crippen LogP contribution < -0.4 is 14.4 Å². The minimum Gasteiger partial charge on any atom is -0.497 e. The molecule has 0 unspecified atom stereocenters. The van der Waals surface area contributed by atoms with Crippen molar-refractivity contribution >= 4 is 33.4 Å². The van der Waals surface area contributed by atoms with Crippen LogP contribution in [0.4, 0.5) is 5.69 Å². The molecule has 4 rings (SSSR count). The van der Waals surface area contributed by atoms with E-state index in [0.29, 0.717) is 23.7 Å². The molecule has 0 aliphatic carbocycles. The molecule has 0 N–H and O–H groups in total. The second kappa shape index (κ2) is 7.23. The first-order valence-corrected chi connectivity index (χ1v) is 9.34. The van der Waals surface area contributed by atoms with E-state index in [0.717, 1.165) is 10.0 Å². The number of ether oxygens (including phenoxy) is 2. The molecule has 9 heteroatoms. The SMILES string of the molecule is COc1ccc(N2C(=O)[C@@H]3N=NN(Cc4ccc(OC)c(Br)c4)[C@H]3C2=O)cc1. The van der Waals surface area contributed by atoms with Crippen molar-refractivity contribution in [2.24, 2.45) is 10.3 Å². The summed E-state index contributed by atoms with van der Waals surface area (Å²) in [6, 6.07) is 10.8. The van der Waals surface area contributed by atoms with Crippen LogP contribution in [0, 0.1) is 0 Å². The normalized spacial score (nSPS) is 20.7. The molecule has 8 nitrogen and oxygen atoms in total. The van der Waals surface area contributed by atoms with Crippen molar-refractivity contribution in [3.05, 3.63) is 52.5 Å². The Bertz CT molecular complexity index is 963. The number of fused-ring (bicyclic) bond motifs is 1. The molecular formula is C19H17BrN4O4. The van der Waals surface area contributed by atoms with Gasteiger partial charge in [0.05, 0.1) is 30.9 Å². The Morgan fingerprint density at radius 3 is 2.43 bits per heavy atom. The molecule has 1 fully saturated rings. The zero-order chi connectivity index (χ0) is 19.8. The summed E-state index contributed by atoms with van der Waals surface area (Å²) in [7, 11) is 3.15. The second-order valence-electron chi connectivity index (χ2n) is 6.37. The van der Waals surface area contributed by atoms with E-state index in [1.807, 2.05) is 18.2 Å². The average molecular weight is 445 g/mol. The van der Waals surface area contributed by atoms with Gasteiger partial charge in [-0.25, -0.2) is 4.90 Å².